The van der Waals surface area contributed by atoms with Crippen molar-refractivity contribution in [2.45, 2.75) is 50.9 Å². The van der Waals surface area contributed by atoms with Gasteiger partial charge in [-0.15, -0.1) is 0 Å². The molecule has 1 amide bonds. The zero-order valence-corrected chi connectivity index (χ0v) is 17.5. The molecule has 1 N–H and O–H groups in total. The Kier molecular flexibility index (Phi) is 3.94. The van der Waals surface area contributed by atoms with E-state index in [4.69, 9.17) is 0 Å². The molecule has 7 heteroatoms. The van der Waals surface area contributed by atoms with Gasteiger partial charge in [0.25, 0.3) is 0 Å². The summed E-state index contributed by atoms with van der Waals surface area (Å²) in [5.41, 5.74) is 0.979. The minimum absolute atomic E-state index is 0.0796. The molecule has 1 aromatic carbocycles. The monoisotopic (exact) mass is 414 g/mol. The first-order valence-electron chi connectivity index (χ1n) is 10.2. The fraction of sp³-hybridized carbons (Fsp3) is 0.545. The molecule has 2 bridgehead atoms. The van der Waals surface area contributed by atoms with Gasteiger partial charge in [-0.1, -0.05) is 26.0 Å². The van der Waals surface area contributed by atoms with Crippen LogP contribution < -0.4 is 0 Å². The molecule has 6 nitrogen and oxygen atoms in total. The molecule has 2 heterocycles. The minimum Gasteiger partial charge on any atom is -0.388 e. The van der Waals surface area contributed by atoms with E-state index in [9.17, 15) is 18.3 Å². The first kappa shape index (κ1) is 19.0. The predicted octanol–water partition coefficient (Wildman–Crippen LogP) is 3.03. The van der Waals surface area contributed by atoms with Crippen LogP contribution in [-0.2, 0) is 14.8 Å². The van der Waals surface area contributed by atoms with Gasteiger partial charge in [0.05, 0.1) is 23.3 Å². The number of carbonyl (C=O) groups is 1. The van der Waals surface area contributed by atoms with Crippen molar-refractivity contribution in [3.05, 3.63) is 42.1 Å². The molecule has 1 aliphatic heterocycles. The van der Waals surface area contributed by atoms with Gasteiger partial charge in [0.15, 0.2) is 0 Å². The normalized spacial score (nSPS) is 32.4. The fourth-order valence-corrected chi connectivity index (χ4v) is 8.82. The molecule has 2 aromatic rings. The van der Waals surface area contributed by atoms with Crippen LogP contribution in [0.4, 0.5) is 0 Å². The third-order valence-corrected chi connectivity index (χ3v) is 10.4. The van der Waals surface area contributed by atoms with Crippen LogP contribution in [-0.4, -0.2) is 40.5 Å². The standard InChI is InChI=1S/C22H26N2O4S/c1-21(2)16-7-8-22(21)13-24(29(27,28)19(22)11-16)20(26)12-18(25)15-5-6-17-14(10-15)4-3-9-23-17/h3-6,9-10,16,18-19,25H,7-8,11-13H2,1-2H3/t16?,18?,19-,22?/m1/s1. The second-order valence-corrected chi connectivity index (χ2v) is 11.5. The van der Waals surface area contributed by atoms with E-state index in [-0.39, 0.29) is 23.8 Å². The minimum atomic E-state index is -3.67. The molecule has 2 saturated carbocycles. The number of benzene rings is 1. The van der Waals surface area contributed by atoms with E-state index in [0.717, 1.165) is 28.0 Å². The molecule has 29 heavy (non-hydrogen) atoms. The van der Waals surface area contributed by atoms with Gasteiger partial charge in [-0.2, -0.15) is 0 Å². The average molecular weight is 415 g/mol. The number of pyridine rings is 1. The van der Waals surface area contributed by atoms with Crippen LogP contribution in [0.2, 0.25) is 0 Å². The van der Waals surface area contributed by atoms with E-state index in [1.807, 2.05) is 12.1 Å². The summed E-state index contributed by atoms with van der Waals surface area (Å²) in [6.45, 7) is 4.58. The van der Waals surface area contributed by atoms with E-state index >= 15 is 0 Å². The van der Waals surface area contributed by atoms with Crippen LogP contribution in [0, 0.1) is 16.7 Å². The zero-order chi connectivity index (χ0) is 20.6. The van der Waals surface area contributed by atoms with E-state index in [2.05, 4.69) is 18.8 Å². The van der Waals surface area contributed by atoms with Gasteiger partial charge in [0.2, 0.25) is 15.9 Å². The van der Waals surface area contributed by atoms with Crippen molar-refractivity contribution in [3.63, 3.8) is 0 Å². The molecular formula is C22H26N2O4S. The van der Waals surface area contributed by atoms with Gasteiger partial charge in [-0.25, -0.2) is 12.7 Å². The summed E-state index contributed by atoms with van der Waals surface area (Å²) in [5, 5.41) is 11.1. The highest BCUT2D eigenvalue weighted by atomic mass is 32.2. The van der Waals surface area contributed by atoms with Gasteiger partial charge in [0, 0.05) is 23.5 Å². The molecule has 4 atom stereocenters. The Bertz CT molecular complexity index is 1110. The van der Waals surface area contributed by atoms with Crippen LogP contribution in [0.1, 0.15) is 51.2 Å². The lowest BCUT2D eigenvalue weighted by molar-refractivity contribution is -0.129. The molecule has 3 fully saturated rings. The molecule has 5 rings (SSSR count). The maximum absolute atomic E-state index is 13.2. The largest absolute Gasteiger partial charge is 0.388 e. The third-order valence-electron chi connectivity index (χ3n) is 8.11. The first-order valence-corrected chi connectivity index (χ1v) is 11.7. The summed E-state index contributed by atoms with van der Waals surface area (Å²) in [6, 6.07) is 9.05. The quantitative estimate of drug-likeness (QED) is 0.834. The number of hydrogen-bond acceptors (Lipinski definition) is 5. The molecule has 3 unspecified atom stereocenters. The van der Waals surface area contributed by atoms with Gasteiger partial charge < -0.3 is 5.11 Å². The van der Waals surface area contributed by atoms with Crippen molar-refractivity contribution in [1.82, 2.24) is 9.29 Å². The number of aliphatic hydroxyl groups is 1. The van der Waals surface area contributed by atoms with Crippen molar-refractivity contribution in [3.8, 4) is 0 Å². The highest BCUT2D eigenvalue weighted by Crippen LogP contribution is 2.70. The lowest BCUT2D eigenvalue weighted by Crippen LogP contribution is -2.39. The summed E-state index contributed by atoms with van der Waals surface area (Å²) >= 11 is 0. The van der Waals surface area contributed by atoms with Crippen LogP contribution in [0.3, 0.4) is 0 Å². The van der Waals surface area contributed by atoms with E-state index in [1.54, 1.807) is 24.4 Å². The van der Waals surface area contributed by atoms with Crippen molar-refractivity contribution in [2.24, 2.45) is 16.7 Å². The summed E-state index contributed by atoms with van der Waals surface area (Å²) in [5.74, 6) is -0.0943. The second-order valence-electron chi connectivity index (χ2n) is 9.46. The van der Waals surface area contributed by atoms with E-state index in [0.29, 0.717) is 17.9 Å². The summed E-state index contributed by atoms with van der Waals surface area (Å²) < 4.78 is 27.5. The topological polar surface area (TPSA) is 87.6 Å². The molecule has 154 valence electrons. The highest BCUT2D eigenvalue weighted by Gasteiger charge is 2.72. The van der Waals surface area contributed by atoms with E-state index in [1.165, 1.54) is 0 Å². The Hall–Kier alpha value is -1.99. The SMILES string of the molecule is CC1(C)C2CCC13CN(C(=O)CC(O)c1ccc4ncccc4c1)S(=O)(=O)[C@@H]3C2. The molecule has 1 spiro atoms. The van der Waals surface area contributed by atoms with Gasteiger partial charge in [0.1, 0.15) is 0 Å². The summed E-state index contributed by atoms with van der Waals surface area (Å²) in [7, 11) is -3.67. The molecule has 0 radical (unpaired) electrons. The first-order chi connectivity index (χ1) is 13.7. The van der Waals surface area contributed by atoms with Crippen molar-refractivity contribution >= 4 is 26.8 Å². The number of aliphatic hydroxyl groups excluding tert-OH is 1. The average Bonchev–Trinajstić information content (AvgIpc) is 3.19. The van der Waals surface area contributed by atoms with Crippen LogP contribution in [0.25, 0.3) is 10.9 Å². The van der Waals surface area contributed by atoms with Crippen molar-refractivity contribution < 1.29 is 18.3 Å². The lowest BCUT2D eigenvalue weighted by atomic mass is 9.69. The second kappa shape index (κ2) is 6.01. The van der Waals surface area contributed by atoms with Gasteiger partial charge in [-0.05, 0) is 54.4 Å². The van der Waals surface area contributed by atoms with E-state index < -0.39 is 27.3 Å². The molecular weight excluding hydrogens is 388 g/mol. The van der Waals surface area contributed by atoms with Crippen LogP contribution >= 0.6 is 0 Å². The van der Waals surface area contributed by atoms with Gasteiger partial charge in [-0.3, -0.25) is 9.78 Å². The van der Waals surface area contributed by atoms with Crippen molar-refractivity contribution in [2.75, 3.05) is 6.54 Å². The zero-order valence-electron chi connectivity index (χ0n) is 16.7. The maximum Gasteiger partial charge on any atom is 0.240 e. The fourth-order valence-electron chi connectivity index (χ4n) is 6.20. The number of sulfonamides is 1. The number of aromatic nitrogens is 1. The number of fused-ring (bicyclic) bond motifs is 2. The number of hydrogen-bond donors (Lipinski definition) is 1. The molecule has 2 aliphatic carbocycles. The molecule has 3 aliphatic rings. The van der Waals surface area contributed by atoms with Gasteiger partial charge >= 0.3 is 0 Å². The van der Waals surface area contributed by atoms with Crippen LogP contribution in [0.5, 0.6) is 0 Å². The Morgan fingerprint density at radius 2 is 2.14 bits per heavy atom. The lowest BCUT2D eigenvalue weighted by Gasteiger charge is -2.36. The molecule has 1 aromatic heterocycles. The Morgan fingerprint density at radius 3 is 2.86 bits per heavy atom. The number of nitrogens with zero attached hydrogens (tertiary/aromatic N) is 2. The summed E-state index contributed by atoms with van der Waals surface area (Å²) in [6.07, 6.45) is 2.96. The smallest absolute Gasteiger partial charge is 0.240 e. The Morgan fingerprint density at radius 1 is 1.34 bits per heavy atom. The van der Waals surface area contributed by atoms with Crippen molar-refractivity contribution in [1.29, 1.82) is 0 Å². The third kappa shape index (κ3) is 2.46. The summed E-state index contributed by atoms with van der Waals surface area (Å²) in [4.78, 5) is 17.3. The Balaban J connectivity index is 1.39. The maximum atomic E-state index is 13.2. The highest BCUT2D eigenvalue weighted by molar-refractivity contribution is 7.90. The number of rotatable bonds is 3. The molecule has 1 saturated heterocycles. The number of carbonyl (C=O) groups excluding carboxylic acids is 1. The number of amides is 1. The predicted molar refractivity (Wildman–Crippen MR) is 109 cm³/mol. The Labute approximate surface area is 171 Å². The van der Waals surface area contributed by atoms with Crippen LogP contribution in [0.15, 0.2) is 36.5 Å².